The summed E-state index contributed by atoms with van der Waals surface area (Å²) in [5, 5.41) is 11.8. The maximum absolute atomic E-state index is 13.4. The molecule has 0 spiro atoms. The Balaban J connectivity index is 1.24. The van der Waals surface area contributed by atoms with Crippen LogP contribution < -0.4 is 5.32 Å². The quantitative estimate of drug-likeness (QED) is 0.356. The third kappa shape index (κ3) is 6.24. The van der Waals surface area contributed by atoms with Crippen LogP contribution >= 0.6 is 0 Å². The number of carbonyl (C=O) groups excluding carboxylic acids is 3. The predicted molar refractivity (Wildman–Crippen MR) is 150 cm³/mol. The van der Waals surface area contributed by atoms with Crippen LogP contribution in [0.3, 0.4) is 0 Å². The zero-order chi connectivity index (χ0) is 28.9. The van der Waals surface area contributed by atoms with Gasteiger partial charge in [0.05, 0.1) is 12.3 Å². The number of fused-ring (bicyclic) bond motifs is 3. The van der Waals surface area contributed by atoms with Crippen molar-refractivity contribution in [3.8, 4) is 11.1 Å². The van der Waals surface area contributed by atoms with Crippen LogP contribution in [-0.2, 0) is 30.5 Å². The Bertz CT molecular complexity index is 1390. The molecule has 0 aromatic heterocycles. The van der Waals surface area contributed by atoms with Crippen molar-refractivity contribution in [2.75, 3.05) is 13.7 Å². The van der Waals surface area contributed by atoms with Crippen LogP contribution in [0.25, 0.3) is 11.1 Å². The number of nitrogens with zero attached hydrogens (tertiary/aromatic N) is 1. The topological polar surface area (TPSA) is 122 Å². The molecule has 0 bridgehead atoms. The number of likely N-dealkylation sites (N-methyl/N-ethyl adjacent to an activating group) is 1. The molecule has 2 N–H and O–H groups in total. The van der Waals surface area contributed by atoms with E-state index in [1.54, 1.807) is 7.05 Å². The Kier molecular flexibility index (Phi) is 8.33. The van der Waals surface area contributed by atoms with Crippen molar-refractivity contribution in [1.82, 2.24) is 10.2 Å². The normalized spacial score (nSPS) is 17.8. The first-order valence-corrected chi connectivity index (χ1v) is 13.6. The monoisotopic (exact) mass is 556 g/mol. The molecule has 1 saturated carbocycles. The van der Waals surface area contributed by atoms with E-state index >= 15 is 0 Å². The molecule has 3 aromatic rings. The standard InChI is InChI=1S/C32H32N2O7/c1-34(22-15-21(16-22)31(37)38)30(36)28(17-29(35)40-18-20-9-3-2-4-10-20)33-32(39)41-19-27-25-13-7-5-11-23(25)24-12-6-8-14-26(24)27/h2-14,21-22,27-28H,15-19H2,1H3,(H,33,39)(H,37,38)/t21?,22?,28-/m0/s1. The van der Waals surface area contributed by atoms with Crippen LogP contribution in [0, 0.1) is 5.92 Å². The summed E-state index contributed by atoms with van der Waals surface area (Å²) >= 11 is 0. The van der Waals surface area contributed by atoms with Gasteiger partial charge in [-0.25, -0.2) is 4.79 Å². The molecule has 9 nitrogen and oxygen atoms in total. The number of carboxylic acid groups (broad SMARTS) is 1. The van der Waals surface area contributed by atoms with Gasteiger partial charge in [0.25, 0.3) is 0 Å². The maximum atomic E-state index is 13.4. The smallest absolute Gasteiger partial charge is 0.407 e. The average molecular weight is 557 g/mol. The van der Waals surface area contributed by atoms with E-state index in [2.05, 4.69) is 5.32 Å². The van der Waals surface area contributed by atoms with Crippen molar-refractivity contribution < 1.29 is 33.8 Å². The van der Waals surface area contributed by atoms with Gasteiger partial charge in [-0.3, -0.25) is 14.4 Å². The second-order valence-corrected chi connectivity index (χ2v) is 10.5. The number of carbonyl (C=O) groups is 4. The van der Waals surface area contributed by atoms with Crippen molar-refractivity contribution >= 4 is 23.9 Å². The molecule has 1 fully saturated rings. The molecule has 1 atom stereocenters. The highest BCUT2D eigenvalue weighted by molar-refractivity contribution is 5.90. The van der Waals surface area contributed by atoms with Gasteiger partial charge in [-0.1, -0.05) is 78.9 Å². The number of ether oxygens (including phenoxy) is 2. The summed E-state index contributed by atoms with van der Waals surface area (Å²) in [5.41, 5.74) is 5.08. The van der Waals surface area contributed by atoms with Gasteiger partial charge in [-0.15, -0.1) is 0 Å². The van der Waals surface area contributed by atoms with Gasteiger partial charge < -0.3 is 24.8 Å². The summed E-state index contributed by atoms with van der Waals surface area (Å²) in [6.45, 7) is 0.0856. The number of benzene rings is 3. The van der Waals surface area contributed by atoms with Gasteiger partial charge in [-0.2, -0.15) is 0 Å². The fourth-order valence-electron chi connectivity index (χ4n) is 5.48. The van der Waals surface area contributed by atoms with Gasteiger partial charge in [0.2, 0.25) is 5.91 Å². The van der Waals surface area contributed by atoms with Gasteiger partial charge in [0.1, 0.15) is 19.3 Å². The van der Waals surface area contributed by atoms with Gasteiger partial charge >= 0.3 is 18.0 Å². The van der Waals surface area contributed by atoms with Crippen LogP contribution in [0.5, 0.6) is 0 Å². The zero-order valence-electron chi connectivity index (χ0n) is 22.7. The van der Waals surface area contributed by atoms with Crippen LogP contribution in [0.4, 0.5) is 4.79 Å². The summed E-state index contributed by atoms with van der Waals surface area (Å²) in [6, 6.07) is 23.5. The lowest BCUT2D eigenvalue weighted by atomic mass is 9.79. The summed E-state index contributed by atoms with van der Waals surface area (Å²) in [4.78, 5) is 51.7. The Morgan fingerprint density at radius 3 is 2.07 bits per heavy atom. The fraction of sp³-hybridized carbons (Fsp3) is 0.312. The van der Waals surface area contributed by atoms with E-state index in [9.17, 15) is 24.3 Å². The zero-order valence-corrected chi connectivity index (χ0v) is 22.7. The molecule has 3 aromatic carbocycles. The molecule has 0 unspecified atom stereocenters. The van der Waals surface area contributed by atoms with Gasteiger partial charge in [-0.05, 0) is 40.7 Å². The number of carboxylic acids is 1. The van der Waals surface area contributed by atoms with Gasteiger partial charge in [0.15, 0.2) is 0 Å². The number of aliphatic carboxylic acids is 1. The fourth-order valence-corrected chi connectivity index (χ4v) is 5.48. The molecule has 0 heterocycles. The van der Waals surface area contributed by atoms with Crippen LogP contribution in [-0.4, -0.2) is 59.7 Å². The Morgan fingerprint density at radius 2 is 1.46 bits per heavy atom. The first-order valence-electron chi connectivity index (χ1n) is 13.6. The van der Waals surface area contributed by atoms with Crippen LogP contribution in [0.1, 0.15) is 41.9 Å². The molecule has 9 heteroatoms. The molecule has 41 heavy (non-hydrogen) atoms. The summed E-state index contributed by atoms with van der Waals surface area (Å²) in [6.07, 6.45) is -0.595. The second-order valence-electron chi connectivity index (χ2n) is 10.5. The number of alkyl carbamates (subject to hydrolysis) is 1. The van der Waals surface area contributed by atoms with Gasteiger partial charge in [0, 0.05) is 19.0 Å². The Labute approximate surface area is 238 Å². The molecule has 212 valence electrons. The summed E-state index contributed by atoms with van der Waals surface area (Å²) in [7, 11) is 1.55. The molecule has 0 aliphatic heterocycles. The average Bonchev–Trinajstić information content (AvgIpc) is 3.27. The van der Waals surface area contributed by atoms with Crippen molar-refractivity contribution in [2.24, 2.45) is 5.92 Å². The first kappa shape index (κ1) is 27.9. The number of hydrogen-bond acceptors (Lipinski definition) is 6. The number of rotatable bonds is 10. The van der Waals surface area contributed by atoms with E-state index in [0.717, 1.165) is 27.8 Å². The number of nitrogens with one attached hydrogen (secondary N) is 1. The van der Waals surface area contributed by atoms with E-state index in [1.807, 2.05) is 78.9 Å². The molecule has 0 saturated heterocycles. The predicted octanol–water partition coefficient (Wildman–Crippen LogP) is 4.35. The third-order valence-electron chi connectivity index (χ3n) is 7.91. The lowest BCUT2D eigenvalue weighted by Crippen LogP contribution is -2.55. The van der Waals surface area contributed by atoms with Crippen LogP contribution in [0.2, 0.25) is 0 Å². The largest absolute Gasteiger partial charge is 0.481 e. The van der Waals surface area contributed by atoms with E-state index in [4.69, 9.17) is 9.47 Å². The maximum Gasteiger partial charge on any atom is 0.407 e. The third-order valence-corrected chi connectivity index (χ3v) is 7.91. The number of amides is 2. The van der Waals surface area contributed by atoms with E-state index in [1.165, 1.54) is 4.90 Å². The molecule has 2 amide bonds. The molecule has 2 aliphatic carbocycles. The highest BCUT2D eigenvalue weighted by atomic mass is 16.5. The van der Waals surface area contributed by atoms with E-state index in [0.29, 0.717) is 12.8 Å². The molecule has 5 rings (SSSR count). The van der Waals surface area contributed by atoms with E-state index < -0.39 is 42.3 Å². The van der Waals surface area contributed by atoms with E-state index in [-0.39, 0.29) is 25.2 Å². The minimum Gasteiger partial charge on any atom is -0.481 e. The molecule has 0 radical (unpaired) electrons. The number of esters is 1. The lowest BCUT2D eigenvalue weighted by molar-refractivity contribution is -0.152. The Morgan fingerprint density at radius 1 is 0.878 bits per heavy atom. The highest BCUT2D eigenvalue weighted by Crippen LogP contribution is 2.44. The lowest BCUT2D eigenvalue weighted by Gasteiger charge is -2.40. The summed E-state index contributed by atoms with van der Waals surface area (Å²) in [5.74, 6) is -2.75. The first-order chi connectivity index (χ1) is 19.8. The summed E-state index contributed by atoms with van der Waals surface area (Å²) < 4.78 is 11.0. The molecular weight excluding hydrogens is 524 g/mol. The SMILES string of the molecule is CN(C(=O)[C@H](CC(=O)OCc1ccccc1)NC(=O)OCC1c2ccccc2-c2ccccc21)C1CC(C(=O)O)C1. The number of hydrogen-bond donors (Lipinski definition) is 2. The van der Waals surface area contributed by atoms with Crippen molar-refractivity contribution in [3.05, 3.63) is 95.6 Å². The highest BCUT2D eigenvalue weighted by Gasteiger charge is 2.40. The molecule has 2 aliphatic rings. The van der Waals surface area contributed by atoms with Crippen molar-refractivity contribution in [2.45, 2.75) is 43.9 Å². The minimum absolute atomic E-state index is 0.0320. The second kappa shape index (κ2) is 12.2. The molecular formula is C32H32N2O7. The van der Waals surface area contributed by atoms with Crippen molar-refractivity contribution in [1.29, 1.82) is 0 Å². The van der Waals surface area contributed by atoms with Crippen LogP contribution in [0.15, 0.2) is 78.9 Å². The van der Waals surface area contributed by atoms with Crippen molar-refractivity contribution in [3.63, 3.8) is 0 Å². The minimum atomic E-state index is -1.23. The Hall–Kier alpha value is -4.66.